The average Bonchev–Trinajstić information content (AvgIpc) is 3.41. The monoisotopic (exact) mass is 548 g/mol. The van der Waals surface area contributed by atoms with Gasteiger partial charge in [-0.15, -0.1) is 0 Å². The fraction of sp³-hybridized carbons (Fsp3) is 0.440. The highest BCUT2D eigenvalue weighted by Crippen LogP contribution is 2.42. The van der Waals surface area contributed by atoms with Gasteiger partial charge in [0.25, 0.3) is 0 Å². The number of fused-ring (bicyclic) bond motifs is 2. The standard InChI is InChI=1S/C25H27BrClFN4O2/c1-3-32-10-15-6-14(7-16(15)11-32)12-34-22-9-20-17(8-21(22)33-2)25(30-13-29-20)31-19-5-4-18(26)23(27)24(19)28/h4-5,8-9,13-16H,3,6-7,10-12H2,1-2H3,(H,29,30,31)/t14?,15-,16+. The van der Waals surface area contributed by atoms with E-state index in [1.807, 2.05) is 12.1 Å². The molecule has 1 aliphatic carbocycles. The number of nitrogens with zero attached hydrogens (tertiary/aromatic N) is 3. The van der Waals surface area contributed by atoms with E-state index in [0.717, 1.165) is 18.4 Å². The van der Waals surface area contributed by atoms with Gasteiger partial charge in [0.15, 0.2) is 17.3 Å². The molecule has 5 rings (SSSR count). The summed E-state index contributed by atoms with van der Waals surface area (Å²) in [5.74, 6) is 3.29. The Balaban J connectivity index is 1.34. The van der Waals surface area contributed by atoms with E-state index in [0.29, 0.717) is 45.2 Å². The Bertz CT molecular complexity index is 1200. The molecule has 180 valence electrons. The number of halogens is 3. The van der Waals surface area contributed by atoms with Crippen molar-refractivity contribution in [2.75, 3.05) is 38.7 Å². The summed E-state index contributed by atoms with van der Waals surface area (Å²) >= 11 is 9.27. The molecule has 0 spiro atoms. The number of hydrogen-bond donors (Lipinski definition) is 1. The summed E-state index contributed by atoms with van der Waals surface area (Å²) in [4.78, 5) is 11.3. The van der Waals surface area contributed by atoms with E-state index in [1.165, 1.54) is 32.3 Å². The highest BCUT2D eigenvalue weighted by Gasteiger charge is 2.40. The number of rotatable bonds is 7. The molecule has 0 amide bonds. The zero-order valence-electron chi connectivity index (χ0n) is 19.2. The van der Waals surface area contributed by atoms with Crippen molar-refractivity contribution in [2.45, 2.75) is 19.8 Å². The van der Waals surface area contributed by atoms with Crippen LogP contribution in [0.2, 0.25) is 5.02 Å². The third-order valence-corrected chi connectivity index (χ3v) is 8.31. The van der Waals surface area contributed by atoms with Crippen molar-refractivity contribution in [3.63, 3.8) is 0 Å². The zero-order chi connectivity index (χ0) is 23.8. The third-order valence-electron chi connectivity index (χ3n) is 7.05. The Kier molecular flexibility index (Phi) is 6.82. The summed E-state index contributed by atoms with van der Waals surface area (Å²) in [6, 6.07) is 6.97. The van der Waals surface area contributed by atoms with Crippen LogP contribution in [0.25, 0.3) is 10.9 Å². The molecule has 1 unspecified atom stereocenters. The van der Waals surface area contributed by atoms with Gasteiger partial charge in [0.1, 0.15) is 12.1 Å². The lowest BCUT2D eigenvalue weighted by molar-refractivity contribution is 0.223. The van der Waals surface area contributed by atoms with Crippen LogP contribution in [0.5, 0.6) is 11.5 Å². The second kappa shape index (κ2) is 9.84. The van der Waals surface area contributed by atoms with Gasteiger partial charge in [-0.05, 0) is 71.3 Å². The summed E-state index contributed by atoms with van der Waals surface area (Å²) in [7, 11) is 1.61. The van der Waals surface area contributed by atoms with Crippen LogP contribution in [0.3, 0.4) is 0 Å². The van der Waals surface area contributed by atoms with Gasteiger partial charge in [-0.3, -0.25) is 0 Å². The summed E-state index contributed by atoms with van der Waals surface area (Å²) in [5, 5.41) is 3.73. The van der Waals surface area contributed by atoms with Gasteiger partial charge in [-0.1, -0.05) is 18.5 Å². The van der Waals surface area contributed by atoms with Gasteiger partial charge in [0, 0.05) is 29.0 Å². The smallest absolute Gasteiger partial charge is 0.166 e. The molecule has 2 heterocycles. The lowest BCUT2D eigenvalue weighted by atomic mass is 10.0. The predicted octanol–water partition coefficient (Wildman–Crippen LogP) is 6.29. The number of hydrogen-bond acceptors (Lipinski definition) is 6. The molecule has 34 heavy (non-hydrogen) atoms. The SMILES string of the molecule is CCN1C[C@H]2CC(COc3cc4ncnc(Nc5ccc(Br)c(Cl)c5F)c4cc3OC)C[C@H]2C1. The van der Waals surface area contributed by atoms with Gasteiger partial charge in [0.2, 0.25) is 0 Å². The molecular formula is C25H27BrClFN4O2. The van der Waals surface area contributed by atoms with Crippen LogP contribution in [-0.4, -0.2) is 48.2 Å². The maximum absolute atomic E-state index is 14.6. The first-order valence-corrected chi connectivity index (χ1v) is 12.7. The first-order chi connectivity index (χ1) is 16.5. The molecule has 6 nitrogen and oxygen atoms in total. The van der Waals surface area contributed by atoms with E-state index < -0.39 is 5.82 Å². The van der Waals surface area contributed by atoms with E-state index in [1.54, 1.807) is 19.2 Å². The highest BCUT2D eigenvalue weighted by molar-refractivity contribution is 9.10. The molecule has 0 bridgehead atoms. The fourth-order valence-electron chi connectivity index (χ4n) is 5.31. The van der Waals surface area contributed by atoms with Crippen LogP contribution < -0.4 is 14.8 Å². The number of nitrogens with one attached hydrogen (secondary N) is 1. The normalized spacial score (nSPS) is 22.2. The third kappa shape index (κ3) is 4.55. The van der Waals surface area contributed by atoms with E-state index in [4.69, 9.17) is 21.1 Å². The van der Waals surface area contributed by atoms with E-state index in [2.05, 4.69) is 43.0 Å². The average molecular weight is 550 g/mol. The van der Waals surface area contributed by atoms with Crippen molar-refractivity contribution < 1.29 is 13.9 Å². The summed E-state index contributed by atoms with van der Waals surface area (Å²) in [6.07, 6.45) is 3.88. The predicted molar refractivity (Wildman–Crippen MR) is 136 cm³/mol. The number of benzene rings is 2. The number of likely N-dealkylation sites (tertiary alicyclic amines) is 1. The molecule has 1 saturated carbocycles. The molecule has 2 aliphatic rings. The zero-order valence-corrected chi connectivity index (χ0v) is 21.5. The Morgan fingerprint density at radius 1 is 1.18 bits per heavy atom. The topological polar surface area (TPSA) is 59.5 Å². The second-order valence-corrected chi connectivity index (χ2v) is 10.3. The number of ether oxygens (including phenoxy) is 2. The van der Waals surface area contributed by atoms with Crippen LogP contribution in [-0.2, 0) is 0 Å². The van der Waals surface area contributed by atoms with E-state index >= 15 is 0 Å². The first kappa shape index (κ1) is 23.6. The summed E-state index contributed by atoms with van der Waals surface area (Å²) < 4.78 is 27.0. The highest BCUT2D eigenvalue weighted by atomic mass is 79.9. The van der Waals surface area contributed by atoms with E-state index in [9.17, 15) is 4.39 Å². The molecule has 1 aromatic heterocycles. The lowest BCUT2D eigenvalue weighted by Crippen LogP contribution is -2.22. The van der Waals surface area contributed by atoms with Gasteiger partial charge in [-0.25, -0.2) is 14.4 Å². The number of methoxy groups -OCH3 is 1. The minimum atomic E-state index is -0.557. The number of aromatic nitrogens is 2. The molecule has 2 aromatic carbocycles. The van der Waals surface area contributed by atoms with Crippen molar-refractivity contribution >= 4 is 49.9 Å². The number of anilines is 2. The second-order valence-electron chi connectivity index (χ2n) is 9.11. The maximum atomic E-state index is 14.6. The van der Waals surface area contributed by atoms with Gasteiger partial charge >= 0.3 is 0 Å². The minimum absolute atomic E-state index is 0.00934. The van der Waals surface area contributed by atoms with Crippen molar-refractivity contribution in [3.05, 3.63) is 45.9 Å². The van der Waals surface area contributed by atoms with Crippen molar-refractivity contribution in [3.8, 4) is 11.5 Å². The summed E-state index contributed by atoms with van der Waals surface area (Å²) in [5.41, 5.74) is 0.903. The van der Waals surface area contributed by atoms with Crippen molar-refractivity contribution in [1.82, 2.24) is 14.9 Å². The van der Waals surface area contributed by atoms with Crippen LogP contribution in [0.15, 0.2) is 35.1 Å². The molecule has 9 heteroatoms. The van der Waals surface area contributed by atoms with E-state index in [-0.39, 0.29) is 10.7 Å². The molecule has 3 atom stereocenters. The molecule has 2 fully saturated rings. The quantitative estimate of drug-likeness (QED) is 0.349. The molecule has 1 saturated heterocycles. The molecular weight excluding hydrogens is 523 g/mol. The summed E-state index contributed by atoms with van der Waals surface area (Å²) in [6.45, 7) is 6.48. The minimum Gasteiger partial charge on any atom is -0.493 e. The largest absolute Gasteiger partial charge is 0.493 e. The van der Waals surface area contributed by atoms with Crippen LogP contribution in [0.4, 0.5) is 15.9 Å². The Labute approximate surface area is 211 Å². The fourth-order valence-corrected chi connectivity index (χ4v) is 5.78. The Hall–Kier alpha value is -2.16. The van der Waals surface area contributed by atoms with Crippen LogP contribution in [0, 0.1) is 23.6 Å². The van der Waals surface area contributed by atoms with Crippen LogP contribution in [0.1, 0.15) is 19.8 Å². The maximum Gasteiger partial charge on any atom is 0.166 e. The van der Waals surface area contributed by atoms with Gasteiger partial charge in [0.05, 0.1) is 29.9 Å². The van der Waals surface area contributed by atoms with Crippen molar-refractivity contribution in [2.24, 2.45) is 17.8 Å². The van der Waals surface area contributed by atoms with Crippen molar-refractivity contribution in [1.29, 1.82) is 0 Å². The lowest BCUT2D eigenvalue weighted by Gasteiger charge is -2.18. The first-order valence-electron chi connectivity index (χ1n) is 11.5. The molecule has 1 N–H and O–H groups in total. The molecule has 1 aliphatic heterocycles. The Morgan fingerprint density at radius 3 is 2.65 bits per heavy atom. The van der Waals surface area contributed by atoms with Gasteiger partial charge < -0.3 is 19.7 Å². The molecule has 0 radical (unpaired) electrons. The van der Waals surface area contributed by atoms with Crippen LogP contribution >= 0.6 is 27.5 Å². The Morgan fingerprint density at radius 2 is 1.94 bits per heavy atom. The van der Waals surface area contributed by atoms with Gasteiger partial charge in [-0.2, -0.15) is 0 Å². The molecule has 3 aromatic rings.